The second-order valence-electron chi connectivity index (χ2n) is 8.55. The number of esters is 1. The topological polar surface area (TPSA) is 95.5 Å². The Bertz CT molecular complexity index is 921. The van der Waals surface area contributed by atoms with Crippen molar-refractivity contribution in [2.75, 3.05) is 19.7 Å². The van der Waals surface area contributed by atoms with Crippen LogP contribution in [0.2, 0.25) is 0 Å². The van der Waals surface area contributed by atoms with Crippen molar-refractivity contribution in [2.45, 2.75) is 71.9 Å². The minimum absolute atomic E-state index is 0.0162. The van der Waals surface area contributed by atoms with Crippen molar-refractivity contribution in [1.82, 2.24) is 14.9 Å². The molecule has 2 N–H and O–H groups in total. The molecule has 8 heteroatoms. The lowest BCUT2D eigenvalue weighted by Gasteiger charge is -2.25. The van der Waals surface area contributed by atoms with E-state index >= 15 is 0 Å². The molecule has 0 aromatic carbocycles. The van der Waals surface area contributed by atoms with Gasteiger partial charge in [-0.3, -0.25) is 14.5 Å². The van der Waals surface area contributed by atoms with Crippen LogP contribution in [0.5, 0.6) is 0 Å². The summed E-state index contributed by atoms with van der Waals surface area (Å²) in [4.78, 5) is 36.1. The number of fused-ring (bicyclic) bond motifs is 3. The maximum Gasteiger partial charge on any atom is 0.305 e. The van der Waals surface area contributed by atoms with Gasteiger partial charge in [0.15, 0.2) is 0 Å². The van der Waals surface area contributed by atoms with Crippen LogP contribution >= 0.6 is 11.3 Å². The van der Waals surface area contributed by atoms with E-state index in [1.54, 1.807) is 11.3 Å². The molecule has 1 unspecified atom stereocenters. The molecule has 1 atom stereocenters. The molecule has 0 bridgehead atoms. The highest BCUT2D eigenvalue weighted by atomic mass is 32.1. The van der Waals surface area contributed by atoms with Crippen LogP contribution in [0.1, 0.15) is 62.7 Å². The molecule has 2 aromatic rings. The molecular formula is C22H33N3O4S. The lowest BCUT2D eigenvalue weighted by atomic mass is 10.1. The summed E-state index contributed by atoms with van der Waals surface area (Å²) in [6.45, 7) is 7.77. The summed E-state index contributed by atoms with van der Waals surface area (Å²) in [7, 11) is 0. The highest BCUT2D eigenvalue weighted by molar-refractivity contribution is 7.18. The van der Waals surface area contributed by atoms with Crippen molar-refractivity contribution in [1.29, 1.82) is 0 Å². The Labute approximate surface area is 181 Å². The van der Waals surface area contributed by atoms with Gasteiger partial charge in [0, 0.05) is 17.8 Å². The number of nitrogens with zero attached hydrogens (tertiary/aromatic N) is 2. The van der Waals surface area contributed by atoms with Gasteiger partial charge in [-0.2, -0.15) is 0 Å². The van der Waals surface area contributed by atoms with Crippen molar-refractivity contribution >= 4 is 27.5 Å². The van der Waals surface area contributed by atoms with Gasteiger partial charge in [-0.15, -0.1) is 11.3 Å². The molecule has 0 fully saturated rings. The van der Waals surface area contributed by atoms with Crippen molar-refractivity contribution < 1.29 is 14.6 Å². The number of aliphatic hydroxyl groups is 1. The monoisotopic (exact) mass is 435 g/mol. The number of aromatic nitrogens is 2. The average Bonchev–Trinajstić information content (AvgIpc) is 3.25. The van der Waals surface area contributed by atoms with Crippen molar-refractivity contribution in [2.24, 2.45) is 5.92 Å². The molecule has 1 aliphatic carbocycles. The van der Waals surface area contributed by atoms with Crippen molar-refractivity contribution in [3.8, 4) is 0 Å². The molecule has 2 heterocycles. The highest BCUT2D eigenvalue weighted by Crippen LogP contribution is 2.34. The Hall–Kier alpha value is -1.77. The van der Waals surface area contributed by atoms with Gasteiger partial charge in [0.05, 0.1) is 11.9 Å². The fourth-order valence-corrected chi connectivity index (χ4v) is 5.11. The molecule has 0 spiro atoms. The van der Waals surface area contributed by atoms with Crippen LogP contribution in [0.3, 0.4) is 0 Å². The van der Waals surface area contributed by atoms with E-state index < -0.39 is 6.10 Å². The summed E-state index contributed by atoms with van der Waals surface area (Å²) in [5, 5.41) is 11.1. The third kappa shape index (κ3) is 5.89. The molecule has 166 valence electrons. The van der Waals surface area contributed by atoms with E-state index in [1.807, 2.05) is 6.92 Å². The summed E-state index contributed by atoms with van der Waals surface area (Å²) in [6, 6.07) is 0. The maximum atomic E-state index is 12.7. The van der Waals surface area contributed by atoms with Crippen LogP contribution in [-0.2, 0) is 28.9 Å². The smallest absolute Gasteiger partial charge is 0.305 e. The van der Waals surface area contributed by atoms with E-state index in [2.05, 4.69) is 23.7 Å². The summed E-state index contributed by atoms with van der Waals surface area (Å²) in [5.41, 5.74) is 1.11. The molecule has 7 nitrogen and oxygen atoms in total. The Morgan fingerprint density at radius 3 is 2.90 bits per heavy atom. The third-order valence-corrected chi connectivity index (χ3v) is 6.57. The number of thiophene rings is 1. The van der Waals surface area contributed by atoms with Crippen LogP contribution in [0, 0.1) is 5.92 Å². The fraction of sp³-hybridized carbons (Fsp3) is 0.682. The number of carbonyl (C=O) groups is 1. The number of hydrogen-bond donors (Lipinski definition) is 2. The molecule has 0 radical (unpaired) electrons. The minimum Gasteiger partial charge on any atom is -0.463 e. The Morgan fingerprint density at radius 2 is 2.17 bits per heavy atom. The lowest BCUT2D eigenvalue weighted by molar-refractivity contribution is -0.147. The Morgan fingerprint density at radius 1 is 1.37 bits per heavy atom. The van der Waals surface area contributed by atoms with Crippen molar-refractivity contribution in [3.05, 3.63) is 26.6 Å². The van der Waals surface area contributed by atoms with E-state index in [9.17, 15) is 14.7 Å². The zero-order valence-electron chi connectivity index (χ0n) is 18.2. The van der Waals surface area contributed by atoms with Crippen LogP contribution in [-0.4, -0.2) is 51.7 Å². The summed E-state index contributed by atoms with van der Waals surface area (Å²) in [6.07, 6.45) is 4.38. The SMILES string of the molecule is CCCC(=O)OCC(O)CN(CCC(C)C)Cc1nc2sc3c(c2c(=O)[nH]1)CCC3. The van der Waals surface area contributed by atoms with Gasteiger partial charge in [0.2, 0.25) is 0 Å². The molecule has 2 aromatic heterocycles. The van der Waals surface area contributed by atoms with Crippen LogP contribution in [0.25, 0.3) is 10.2 Å². The quantitative estimate of drug-likeness (QED) is 0.527. The van der Waals surface area contributed by atoms with E-state index in [-0.39, 0.29) is 18.1 Å². The number of aryl methyl sites for hydroxylation is 2. The number of H-pyrrole nitrogens is 1. The average molecular weight is 436 g/mol. The first-order valence-electron chi connectivity index (χ1n) is 11.0. The first kappa shape index (κ1) is 22.9. The maximum absolute atomic E-state index is 12.7. The Balaban J connectivity index is 1.69. The zero-order chi connectivity index (χ0) is 21.7. The number of aliphatic hydroxyl groups excluding tert-OH is 1. The van der Waals surface area contributed by atoms with E-state index in [4.69, 9.17) is 9.72 Å². The Kier molecular flexibility index (Phi) is 8.02. The number of nitrogens with one attached hydrogen (secondary N) is 1. The lowest BCUT2D eigenvalue weighted by Crippen LogP contribution is -2.37. The summed E-state index contributed by atoms with van der Waals surface area (Å²) >= 11 is 1.63. The van der Waals surface area contributed by atoms with Gasteiger partial charge in [-0.05, 0) is 50.1 Å². The molecule has 30 heavy (non-hydrogen) atoms. The van der Waals surface area contributed by atoms with Gasteiger partial charge in [0.1, 0.15) is 23.4 Å². The minimum atomic E-state index is -0.779. The first-order valence-corrected chi connectivity index (χ1v) is 11.8. The summed E-state index contributed by atoms with van der Waals surface area (Å²) < 4.78 is 5.15. The molecule has 3 rings (SSSR count). The summed E-state index contributed by atoms with van der Waals surface area (Å²) in [5.74, 6) is 0.848. The number of rotatable bonds is 11. The molecule has 1 aliphatic rings. The molecular weight excluding hydrogens is 402 g/mol. The van der Waals surface area contributed by atoms with Gasteiger partial charge in [0.25, 0.3) is 5.56 Å². The van der Waals surface area contributed by atoms with E-state index in [0.29, 0.717) is 31.3 Å². The number of hydrogen-bond acceptors (Lipinski definition) is 7. The second-order valence-corrected chi connectivity index (χ2v) is 9.64. The van der Waals surface area contributed by atoms with E-state index in [0.717, 1.165) is 48.9 Å². The number of ether oxygens (including phenoxy) is 1. The third-order valence-electron chi connectivity index (χ3n) is 5.38. The molecule has 0 saturated heterocycles. The molecule has 0 saturated carbocycles. The van der Waals surface area contributed by atoms with Crippen molar-refractivity contribution in [3.63, 3.8) is 0 Å². The first-order chi connectivity index (χ1) is 14.4. The van der Waals surface area contributed by atoms with Gasteiger partial charge in [-0.25, -0.2) is 4.98 Å². The van der Waals surface area contributed by atoms with Crippen LogP contribution < -0.4 is 5.56 Å². The van der Waals surface area contributed by atoms with Crippen LogP contribution in [0.4, 0.5) is 0 Å². The number of carbonyl (C=O) groups excluding carboxylic acids is 1. The van der Waals surface area contributed by atoms with Gasteiger partial charge < -0.3 is 14.8 Å². The largest absolute Gasteiger partial charge is 0.463 e. The van der Waals surface area contributed by atoms with Crippen LogP contribution in [0.15, 0.2) is 4.79 Å². The normalized spacial score (nSPS) is 14.6. The highest BCUT2D eigenvalue weighted by Gasteiger charge is 2.22. The molecule has 0 aliphatic heterocycles. The fourth-order valence-electron chi connectivity index (χ4n) is 3.83. The molecule has 0 amide bonds. The number of aromatic amines is 1. The van der Waals surface area contributed by atoms with Gasteiger partial charge in [-0.1, -0.05) is 20.8 Å². The predicted molar refractivity (Wildman–Crippen MR) is 119 cm³/mol. The van der Waals surface area contributed by atoms with E-state index in [1.165, 1.54) is 10.4 Å². The second kappa shape index (κ2) is 10.5. The zero-order valence-corrected chi connectivity index (χ0v) is 19.0. The standard InChI is InChI=1S/C22H33N3O4S/c1-4-6-19(27)29-13-15(26)11-25(10-9-14(2)3)12-18-23-21(28)20-16-7-5-8-17(16)30-22(20)24-18/h14-15,26H,4-13H2,1-3H3,(H,23,24,28). The van der Waals surface area contributed by atoms with Gasteiger partial charge >= 0.3 is 5.97 Å². The predicted octanol–water partition coefficient (Wildman–Crippen LogP) is 3.03.